The van der Waals surface area contributed by atoms with Crippen LogP contribution < -0.4 is 5.32 Å². The van der Waals surface area contributed by atoms with Gasteiger partial charge in [-0.05, 0) is 24.6 Å². The molecule has 0 radical (unpaired) electrons. The molecule has 0 saturated heterocycles. The third-order valence-electron chi connectivity index (χ3n) is 2.66. The van der Waals surface area contributed by atoms with Gasteiger partial charge in [0.05, 0.1) is 16.8 Å². The maximum Gasteiger partial charge on any atom is 0.335 e. The zero-order valence-electron chi connectivity index (χ0n) is 10.0. The number of aryl methyl sites for hydroxylation is 1. The summed E-state index contributed by atoms with van der Waals surface area (Å²) in [5.41, 5.74) is 4.29. The fraction of sp³-hybridized carbons (Fsp3) is 0.231. The SMILES string of the molecule is Cc1ncsc1CNCc1ccc(C(=O)O)cc1. The van der Waals surface area contributed by atoms with Crippen LogP contribution in [0.3, 0.4) is 0 Å². The molecular formula is C13H14N2O2S. The van der Waals surface area contributed by atoms with E-state index in [9.17, 15) is 4.79 Å². The summed E-state index contributed by atoms with van der Waals surface area (Å²) in [6.07, 6.45) is 0. The molecule has 2 aromatic rings. The number of carboxylic acid groups (broad SMARTS) is 1. The molecular weight excluding hydrogens is 248 g/mol. The fourth-order valence-electron chi connectivity index (χ4n) is 1.58. The van der Waals surface area contributed by atoms with Gasteiger partial charge in [0.2, 0.25) is 0 Å². The average Bonchev–Trinajstić information content (AvgIpc) is 2.76. The van der Waals surface area contributed by atoms with Gasteiger partial charge < -0.3 is 10.4 Å². The molecule has 4 nitrogen and oxygen atoms in total. The summed E-state index contributed by atoms with van der Waals surface area (Å²) >= 11 is 1.64. The van der Waals surface area contributed by atoms with Gasteiger partial charge in [-0.2, -0.15) is 0 Å². The van der Waals surface area contributed by atoms with E-state index < -0.39 is 5.97 Å². The standard InChI is InChI=1S/C13H14N2O2S/c1-9-12(18-8-15-9)7-14-6-10-2-4-11(5-3-10)13(16)17/h2-5,8,14H,6-7H2,1H3,(H,16,17). The Balaban J connectivity index is 1.87. The van der Waals surface area contributed by atoms with E-state index >= 15 is 0 Å². The van der Waals surface area contributed by atoms with Crippen molar-refractivity contribution in [2.75, 3.05) is 0 Å². The van der Waals surface area contributed by atoms with Crippen molar-refractivity contribution in [1.82, 2.24) is 10.3 Å². The highest BCUT2D eigenvalue weighted by molar-refractivity contribution is 7.09. The molecule has 0 unspecified atom stereocenters. The topological polar surface area (TPSA) is 62.2 Å². The molecule has 0 fully saturated rings. The van der Waals surface area contributed by atoms with Gasteiger partial charge in [-0.1, -0.05) is 12.1 Å². The number of thiazole rings is 1. The maximum absolute atomic E-state index is 10.7. The van der Waals surface area contributed by atoms with E-state index in [-0.39, 0.29) is 0 Å². The van der Waals surface area contributed by atoms with Gasteiger partial charge in [-0.3, -0.25) is 0 Å². The van der Waals surface area contributed by atoms with E-state index in [4.69, 9.17) is 5.11 Å². The minimum Gasteiger partial charge on any atom is -0.478 e. The van der Waals surface area contributed by atoms with Crippen LogP contribution >= 0.6 is 11.3 Å². The Morgan fingerprint density at radius 3 is 2.61 bits per heavy atom. The third kappa shape index (κ3) is 3.15. The molecule has 2 N–H and O–H groups in total. The first-order valence-electron chi connectivity index (χ1n) is 5.58. The van der Waals surface area contributed by atoms with Crippen LogP contribution in [0.1, 0.15) is 26.5 Å². The van der Waals surface area contributed by atoms with E-state index in [2.05, 4.69) is 10.3 Å². The third-order valence-corrected chi connectivity index (χ3v) is 3.60. The van der Waals surface area contributed by atoms with E-state index in [1.165, 1.54) is 4.88 Å². The number of aromatic carboxylic acids is 1. The van der Waals surface area contributed by atoms with E-state index in [0.29, 0.717) is 5.56 Å². The second-order valence-corrected chi connectivity index (χ2v) is 4.91. The number of aromatic nitrogens is 1. The van der Waals surface area contributed by atoms with Crippen LogP contribution in [0.15, 0.2) is 29.8 Å². The Morgan fingerprint density at radius 1 is 1.33 bits per heavy atom. The summed E-state index contributed by atoms with van der Waals surface area (Å²) in [6.45, 7) is 3.50. The van der Waals surface area contributed by atoms with Crippen LogP contribution in [0.2, 0.25) is 0 Å². The summed E-state index contributed by atoms with van der Waals surface area (Å²) in [4.78, 5) is 16.1. The van der Waals surface area contributed by atoms with Crippen molar-refractivity contribution in [3.05, 3.63) is 51.5 Å². The van der Waals surface area contributed by atoms with Gasteiger partial charge >= 0.3 is 5.97 Å². The minimum absolute atomic E-state index is 0.317. The molecule has 0 aliphatic rings. The smallest absolute Gasteiger partial charge is 0.335 e. The maximum atomic E-state index is 10.7. The Hall–Kier alpha value is -1.72. The second-order valence-electron chi connectivity index (χ2n) is 3.97. The summed E-state index contributed by atoms with van der Waals surface area (Å²) in [5.74, 6) is -0.894. The van der Waals surface area contributed by atoms with E-state index in [0.717, 1.165) is 24.3 Å². The Bertz CT molecular complexity index is 534. The second kappa shape index (κ2) is 5.75. The lowest BCUT2D eigenvalue weighted by molar-refractivity contribution is 0.0697. The van der Waals surface area contributed by atoms with Crippen molar-refractivity contribution in [3.63, 3.8) is 0 Å². The monoisotopic (exact) mass is 262 g/mol. The number of hydrogen-bond donors (Lipinski definition) is 2. The molecule has 2 rings (SSSR count). The number of nitrogens with one attached hydrogen (secondary N) is 1. The van der Waals surface area contributed by atoms with Crippen LogP contribution in [-0.2, 0) is 13.1 Å². The van der Waals surface area contributed by atoms with Crippen molar-refractivity contribution < 1.29 is 9.90 Å². The molecule has 0 saturated carbocycles. The predicted molar refractivity (Wildman–Crippen MR) is 70.8 cm³/mol. The first-order valence-corrected chi connectivity index (χ1v) is 6.46. The van der Waals surface area contributed by atoms with Crippen molar-refractivity contribution in [3.8, 4) is 0 Å². The Kier molecular flexibility index (Phi) is 4.07. The molecule has 1 aromatic heterocycles. The lowest BCUT2D eigenvalue weighted by atomic mass is 10.1. The Morgan fingerprint density at radius 2 is 2.06 bits per heavy atom. The van der Waals surface area contributed by atoms with E-state index in [1.54, 1.807) is 23.5 Å². The molecule has 0 spiro atoms. The lowest BCUT2D eigenvalue weighted by Crippen LogP contribution is -2.12. The highest BCUT2D eigenvalue weighted by Gasteiger charge is 2.03. The Labute approximate surface area is 109 Å². The van der Waals surface area contributed by atoms with Gasteiger partial charge in [0.15, 0.2) is 0 Å². The first-order chi connectivity index (χ1) is 8.66. The summed E-state index contributed by atoms with van der Waals surface area (Å²) in [5, 5.41) is 12.1. The first kappa shape index (κ1) is 12.7. The number of carbonyl (C=O) groups is 1. The zero-order valence-corrected chi connectivity index (χ0v) is 10.8. The highest BCUT2D eigenvalue weighted by Crippen LogP contribution is 2.11. The van der Waals surface area contributed by atoms with Crippen LogP contribution in [0.4, 0.5) is 0 Å². The number of carboxylic acids is 1. The summed E-state index contributed by atoms with van der Waals surface area (Å²) in [7, 11) is 0. The quantitative estimate of drug-likeness (QED) is 0.868. The molecule has 94 valence electrons. The van der Waals surface area contributed by atoms with Crippen LogP contribution in [0.5, 0.6) is 0 Å². The van der Waals surface area contributed by atoms with Gasteiger partial charge in [-0.25, -0.2) is 9.78 Å². The predicted octanol–water partition coefficient (Wildman–Crippen LogP) is 2.44. The lowest BCUT2D eigenvalue weighted by Gasteiger charge is -2.04. The fourth-order valence-corrected chi connectivity index (χ4v) is 2.33. The molecule has 0 bridgehead atoms. The summed E-state index contributed by atoms with van der Waals surface area (Å²) in [6, 6.07) is 6.90. The normalized spacial score (nSPS) is 10.5. The number of benzene rings is 1. The van der Waals surface area contributed by atoms with Crippen molar-refractivity contribution in [2.24, 2.45) is 0 Å². The molecule has 1 aromatic carbocycles. The molecule has 0 atom stereocenters. The minimum atomic E-state index is -0.894. The van der Waals surface area contributed by atoms with Gasteiger partial charge in [0.1, 0.15) is 0 Å². The van der Waals surface area contributed by atoms with Crippen LogP contribution in [-0.4, -0.2) is 16.1 Å². The molecule has 0 aliphatic carbocycles. The highest BCUT2D eigenvalue weighted by atomic mass is 32.1. The molecule has 5 heteroatoms. The molecule has 18 heavy (non-hydrogen) atoms. The molecule has 1 heterocycles. The van der Waals surface area contributed by atoms with Gasteiger partial charge in [0, 0.05) is 18.0 Å². The van der Waals surface area contributed by atoms with Crippen molar-refractivity contribution in [1.29, 1.82) is 0 Å². The largest absolute Gasteiger partial charge is 0.478 e. The van der Waals surface area contributed by atoms with Gasteiger partial charge in [-0.15, -0.1) is 11.3 Å². The van der Waals surface area contributed by atoms with Crippen LogP contribution in [0, 0.1) is 6.92 Å². The van der Waals surface area contributed by atoms with Gasteiger partial charge in [0.25, 0.3) is 0 Å². The number of rotatable bonds is 5. The van der Waals surface area contributed by atoms with Crippen molar-refractivity contribution in [2.45, 2.75) is 20.0 Å². The zero-order chi connectivity index (χ0) is 13.0. The summed E-state index contributed by atoms with van der Waals surface area (Å²) < 4.78 is 0. The number of hydrogen-bond acceptors (Lipinski definition) is 4. The molecule has 0 amide bonds. The van der Waals surface area contributed by atoms with Crippen LogP contribution in [0.25, 0.3) is 0 Å². The van der Waals surface area contributed by atoms with E-state index in [1.807, 2.05) is 24.6 Å². The average molecular weight is 262 g/mol. The number of nitrogens with zero attached hydrogens (tertiary/aromatic N) is 1. The molecule has 0 aliphatic heterocycles. The van der Waals surface area contributed by atoms with Crippen molar-refractivity contribution >= 4 is 17.3 Å².